The summed E-state index contributed by atoms with van der Waals surface area (Å²) in [7, 11) is -3.55. The smallest absolute Gasteiger partial charge is 0.276 e. The minimum atomic E-state index is -1.78. The lowest BCUT2D eigenvalue weighted by molar-refractivity contribution is 0.508. The highest BCUT2D eigenvalue weighted by Crippen LogP contribution is 2.32. The first-order valence-electron chi connectivity index (χ1n) is 7.83. The molecule has 0 spiro atoms. The normalized spacial score (nSPS) is 13.0. The van der Waals surface area contributed by atoms with Crippen molar-refractivity contribution in [1.82, 2.24) is 14.2 Å². The van der Waals surface area contributed by atoms with E-state index >= 15 is 0 Å². The molecule has 4 nitrogen and oxygen atoms in total. The Morgan fingerprint density at radius 1 is 0.875 bits per heavy atom. The Bertz CT molecular complexity index is 943. The number of halogens is 2. The van der Waals surface area contributed by atoms with Gasteiger partial charge in [0.05, 0.1) is 15.6 Å². The highest BCUT2D eigenvalue weighted by Gasteiger charge is 2.29. The van der Waals surface area contributed by atoms with E-state index in [1.54, 1.807) is 6.07 Å². The molecule has 0 aliphatic rings. The van der Waals surface area contributed by atoms with Gasteiger partial charge in [0.25, 0.3) is 6.01 Å². The van der Waals surface area contributed by atoms with Crippen molar-refractivity contribution in [3.05, 3.63) is 28.2 Å². The first-order valence-corrected chi connectivity index (χ1v) is 15.4. The standard InChI is InChI=1S/C16H21Cl2N3OSi2/c1-23(2,3)21-15-14(20-16(21)22-24(4,5)6)8-10-7-11(17)12(18)9-13(10)19-15/h7-9H,1-6H3. The third-order valence-electron chi connectivity index (χ3n) is 3.50. The lowest BCUT2D eigenvalue weighted by atomic mass is 10.2. The van der Waals surface area contributed by atoms with Crippen molar-refractivity contribution in [2.45, 2.75) is 39.3 Å². The maximum Gasteiger partial charge on any atom is 0.276 e. The molecule has 1 aromatic carbocycles. The molecule has 0 aliphatic carbocycles. The van der Waals surface area contributed by atoms with Gasteiger partial charge < -0.3 is 8.66 Å². The Hall–Kier alpha value is -1.09. The predicted molar refractivity (Wildman–Crippen MR) is 108 cm³/mol. The monoisotopic (exact) mass is 397 g/mol. The van der Waals surface area contributed by atoms with Crippen molar-refractivity contribution in [2.75, 3.05) is 0 Å². The van der Waals surface area contributed by atoms with E-state index in [2.05, 4.69) is 43.5 Å². The van der Waals surface area contributed by atoms with Gasteiger partial charge in [-0.3, -0.25) is 0 Å². The molecule has 24 heavy (non-hydrogen) atoms. The average molecular weight is 398 g/mol. The zero-order valence-corrected chi connectivity index (χ0v) is 18.2. The number of hydrogen-bond acceptors (Lipinski definition) is 3. The average Bonchev–Trinajstić information content (AvgIpc) is 2.71. The van der Waals surface area contributed by atoms with E-state index in [1.807, 2.05) is 12.1 Å². The van der Waals surface area contributed by atoms with Gasteiger partial charge in [-0.05, 0) is 37.8 Å². The van der Waals surface area contributed by atoms with E-state index in [9.17, 15) is 0 Å². The van der Waals surface area contributed by atoms with Crippen molar-refractivity contribution < 1.29 is 4.43 Å². The van der Waals surface area contributed by atoms with Crippen molar-refractivity contribution in [1.29, 1.82) is 0 Å². The van der Waals surface area contributed by atoms with Gasteiger partial charge in [0.15, 0.2) is 13.9 Å². The predicted octanol–water partition coefficient (Wildman–Crippen LogP) is 5.79. The number of rotatable bonds is 3. The van der Waals surface area contributed by atoms with Crippen LogP contribution in [0.5, 0.6) is 6.01 Å². The fourth-order valence-corrected chi connectivity index (χ4v) is 5.16. The lowest BCUT2D eigenvalue weighted by Crippen LogP contribution is -2.37. The van der Waals surface area contributed by atoms with Crippen molar-refractivity contribution >= 4 is 61.8 Å². The quantitative estimate of drug-likeness (QED) is 0.525. The second-order valence-corrected chi connectivity index (χ2v) is 17.9. The summed E-state index contributed by atoms with van der Waals surface area (Å²) in [5.74, 6) is 0. The Kier molecular flexibility index (Phi) is 4.23. The summed E-state index contributed by atoms with van der Waals surface area (Å²) in [6.07, 6.45) is 0. The van der Waals surface area contributed by atoms with E-state index < -0.39 is 16.6 Å². The number of nitrogens with zero attached hydrogens (tertiary/aromatic N) is 3. The van der Waals surface area contributed by atoms with E-state index in [0.717, 1.165) is 22.1 Å². The largest absolute Gasteiger partial charge is 0.519 e. The molecule has 3 aromatic rings. The van der Waals surface area contributed by atoms with Crippen LogP contribution in [0.3, 0.4) is 0 Å². The summed E-state index contributed by atoms with van der Waals surface area (Å²) < 4.78 is 8.45. The van der Waals surface area contributed by atoms with Crippen LogP contribution in [0.15, 0.2) is 18.2 Å². The molecule has 0 unspecified atom stereocenters. The first-order chi connectivity index (χ1) is 11.0. The number of fused-ring (bicyclic) bond motifs is 2. The fourth-order valence-electron chi connectivity index (χ4n) is 2.58. The maximum atomic E-state index is 6.25. The Balaban J connectivity index is 2.35. The number of benzene rings is 1. The SMILES string of the molecule is C[Si](C)(C)Oc1nc2cc3cc(Cl)c(Cl)cc3nc2n1[Si](C)(C)C. The molecule has 2 heterocycles. The van der Waals surface area contributed by atoms with Crippen LogP contribution < -0.4 is 4.43 Å². The molecular weight excluding hydrogens is 377 g/mol. The van der Waals surface area contributed by atoms with Gasteiger partial charge in [-0.15, -0.1) is 0 Å². The van der Waals surface area contributed by atoms with Crippen LogP contribution in [0.2, 0.25) is 49.3 Å². The summed E-state index contributed by atoms with van der Waals surface area (Å²) in [6, 6.07) is 6.33. The van der Waals surface area contributed by atoms with Gasteiger partial charge in [0.2, 0.25) is 8.32 Å². The molecule has 128 valence electrons. The molecule has 2 aromatic heterocycles. The molecule has 0 atom stereocenters. The third kappa shape index (κ3) is 3.33. The lowest BCUT2D eigenvalue weighted by Gasteiger charge is -2.25. The molecular formula is C16H21Cl2N3OSi2. The van der Waals surface area contributed by atoms with Crippen LogP contribution in [0, 0.1) is 0 Å². The zero-order chi connectivity index (χ0) is 17.9. The molecule has 0 saturated heterocycles. The minimum Gasteiger partial charge on any atom is -0.519 e. The highest BCUT2D eigenvalue weighted by molar-refractivity contribution is 6.76. The molecule has 3 rings (SSSR count). The van der Waals surface area contributed by atoms with Gasteiger partial charge in [0.1, 0.15) is 5.52 Å². The molecule has 0 N–H and O–H groups in total. The van der Waals surface area contributed by atoms with Crippen molar-refractivity contribution in [3.8, 4) is 6.01 Å². The minimum absolute atomic E-state index is 0.508. The van der Waals surface area contributed by atoms with Crippen LogP contribution in [0.25, 0.3) is 22.1 Å². The van der Waals surface area contributed by atoms with Gasteiger partial charge >= 0.3 is 0 Å². The zero-order valence-electron chi connectivity index (χ0n) is 14.7. The Morgan fingerprint density at radius 3 is 2.08 bits per heavy atom. The summed E-state index contributed by atoms with van der Waals surface area (Å²) in [4.78, 5) is 9.56. The molecule has 0 aliphatic heterocycles. The summed E-state index contributed by atoms with van der Waals surface area (Å²) in [5.41, 5.74) is 2.50. The topological polar surface area (TPSA) is 39.9 Å². The van der Waals surface area contributed by atoms with E-state index in [0.29, 0.717) is 16.1 Å². The maximum absolute atomic E-state index is 6.25. The van der Waals surface area contributed by atoms with Crippen LogP contribution in [0.4, 0.5) is 0 Å². The van der Waals surface area contributed by atoms with Crippen LogP contribution in [0.1, 0.15) is 0 Å². The van der Waals surface area contributed by atoms with Gasteiger partial charge in [-0.2, -0.15) is 4.98 Å². The fraction of sp³-hybridized carbons (Fsp3) is 0.375. The molecule has 0 amide bonds. The number of pyridine rings is 1. The van der Waals surface area contributed by atoms with E-state index in [-0.39, 0.29) is 0 Å². The highest BCUT2D eigenvalue weighted by atomic mass is 35.5. The molecule has 0 bridgehead atoms. The van der Waals surface area contributed by atoms with Gasteiger partial charge in [-0.25, -0.2) is 4.98 Å². The number of hydrogen-bond donors (Lipinski definition) is 0. The Morgan fingerprint density at radius 2 is 1.50 bits per heavy atom. The van der Waals surface area contributed by atoms with Crippen molar-refractivity contribution in [2.24, 2.45) is 0 Å². The molecule has 0 saturated carbocycles. The molecule has 0 fully saturated rings. The third-order valence-corrected chi connectivity index (χ3v) is 6.77. The molecule has 0 radical (unpaired) electrons. The summed E-state index contributed by atoms with van der Waals surface area (Å²) in [5, 5.41) is 1.96. The van der Waals surface area contributed by atoms with Crippen LogP contribution in [-0.2, 0) is 0 Å². The van der Waals surface area contributed by atoms with Crippen molar-refractivity contribution in [3.63, 3.8) is 0 Å². The number of imidazole rings is 1. The van der Waals surface area contributed by atoms with Crippen LogP contribution >= 0.6 is 23.2 Å². The second kappa shape index (κ2) is 5.73. The number of aromatic nitrogens is 3. The van der Waals surface area contributed by atoms with E-state index in [4.69, 9.17) is 37.6 Å². The van der Waals surface area contributed by atoms with E-state index in [1.165, 1.54) is 0 Å². The summed E-state index contributed by atoms with van der Waals surface area (Å²) in [6.45, 7) is 13.2. The molecule has 8 heteroatoms. The van der Waals surface area contributed by atoms with Crippen LogP contribution in [-0.4, -0.2) is 30.8 Å². The Labute approximate surface area is 154 Å². The second-order valence-electron chi connectivity index (χ2n) is 7.91. The first kappa shape index (κ1) is 17.7. The van der Waals surface area contributed by atoms with Gasteiger partial charge in [-0.1, -0.05) is 42.8 Å². The van der Waals surface area contributed by atoms with Gasteiger partial charge in [0, 0.05) is 5.39 Å². The summed E-state index contributed by atoms with van der Waals surface area (Å²) >= 11 is 12.3.